The number of hydrogen-bond donors (Lipinski definition) is 1. The maximum atomic E-state index is 13.7. The van der Waals surface area contributed by atoms with Gasteiger partial charge in [0.05, 0.1) is 10.6 Å². The highest BCUT2D eigenvalue weighted by Crippen LogP contribution is 2.46. The largest absolute Gasteiger partial charge is 0.454 e. The zero-order valence-corrected chi connectivity index (χ0v) is 19.8. The maximum Gasteiger partial charge on any atom is 0.283 e. The summed E-state index contributed by atoms with van der Waals surface area (Å²) in [5, 5.41) is 4.28. The lowest BCUT2D eigenvalue weighted by atomic mass is 9.68. The molecule has 2 heterocycles. The summed E-state index contributed by atoms with van der Waals surface area (Å²) in [7, 11) is -3.95. The Hall–Kier alpha value is -4.04. The Bertz CT molecular complexity index is 1570. The molecular formula is C27H23N3O4S. The van der Waals surface area contributed by atoms with Gasteiger partial charge in [0.1, 0.15) is 0 Å². The van der Waals surface area contributed by atoms with Gasteiger partial charge < -0.3 is 15.2 Å². The molecule has 2 aliphatic rings. The van der Waals surface area contributed by atoms with Crippen LogP contribution in [0.2, 0.25) is 0 Å². The summed E-state index contributed by atoms with van der Waals surface area (Å²) in [5.74, 6) is 1.53. The predicted molar refractivity (Wildman–Crippen MR) is 133 cm³/mol. The van der Waals surface area contributed by atoms with Crippen LogP contribution >= 0.6 is 0 Å². The number of rotatable bonds is 4. The summed E-state index contributed by atoms with van der Waals surface area (Å²) in [6.45, 7) is 2.09. The molecule has 0 bridgehead atoms. The Morgan fingerprint density at radius 1 is 0.943 bits per heavy atom. The molecule has 4 aromatic rings. The number of allylic oxidation sites excluding steroid dienone is 1. The monoisotopic (exact) mass is 485 g/mol. The van der Waals surface area contributed by atoms with Crippen LogP contribution in [-0.2, 0) is 21.9 Å². The van der Waals surface area contributed by atoms with E-state index >= 15 is 0 Å². The highest BCUT2D eigenvalue weighted by atomic mass is 32.2. The van der Waals surface area contributed by atoms with E-state index < -0.39 is 15.4 Å². The van der Waals surface area contributed by atoms with E-state index in [1.54, 1.807) is 24.3 Å². The van der Waals surface area contributed by atoms with Crippen LogP contribution in [0.1, 0.15) is 27.9 Å². The number of nitrogens with zero attached hydrogens (tertiary/aromatic N) is 2. The molecule has 1 atom stereocenters. The molecule has 0 fully saturated rings. The molecule has 176 valence electrons. The molecule has 0 saturated carbocycles. The van der Waals surface area contributed by atoms with Crippen LogP contribution in [-0.4, -0.2) is 24.4 Å². The van der Waals surface area contributed by atoms with Crippen LogP contribution in [0.15, 0.2) is 83.8 Å². The topological polar surface area (TPSA) is 96.4 Å². The quantitative estimate of drug-likeness (QED) is 0.463. The van der Waals surface area contributed by atoms with E-state index in [2.05, 4.69) is 11.2 Å². The van der Waals surface area contributed by atoms with Crippen molar-refractivity contribution in [2.24, 2.45) is 0 Å². The van der Waals surface area contributed by atoms with Crippen LogP contribution in [0.25, 0.3) is 6.08 Å². The summed E-state index contributed by atoms with van der Waals surface area (Å²) in [4.78, 5) is 0.163. The number of aryl methyl sites for hydroxylation is 1. The second kappa shape index (κ2) is 7.74. The Morgan fingerprint density at radius 3 is 2.46 bits per heavy atom. The zero-order valence-electron chi connectivity index (χ0n) is 19.0. The lowest BCUT2D eigenvalue weighted by molar-refractivity contribution is 0.174. The van der Waals surface area contributed by atoms with Crippen molar-refractivity contribution >= 4 is 21.9 Å². The van der Waals surface area contributed by atoms with E-state index in [-0.39, 0.29) is 17.5 Å². The number of aromatic nitrogens is 2. The Balaban J connectivity index is 1.54. The van der Waals surface area contributed by atoms with E-state index in [9.17, 15) is 8.42 Å². The van der Waals surface area contributed by atoms with E-state index in [1.165, 1.54) is 0 Å². The summed E-state index contributed by atoms with van der Waals surface area (Å²) in [5.41, 5.74) is 9.64. The van der Waals surface area contributed by atoms with Gasteiger partial charge in [-0.05, 0) is 42.3 Å². The first-order valence-electron chi connectivity index (χ1n) is 11.2. The third-order valence-electron chi connectivity index (χ3n) is 6.72. The Morgan fingerprint density at radius 2 is 1.69 bits per heavy atom. The predicted octanol–water partition coefficient (Wildman–Crippen LogP) is 4.30. The van der Waals surface area contributed by atoms with Crippen molar-refractivity contribution in [3.05, 3.63) is 107 Å². The molecule has 6 rings (SSSR count). The van der Waals surface area contributed by atoms with Crippen molar-refractivity contribution in [1.82, 2.24) is 9.19 Å². The van der Waals surface area contributed by atoms with Gasteiger partial charge in [-0.2, -0.15) is 12.5 Å². The second-order valence-electron chi connectivity index (χ2n) is 8.82. The molecule has 0 spiro atoms. The summed E-state index contributed by atoms with van der Waals surface area (Å²) in [6.07, 6.45) is 4.29. The van der Waals surface area contributed by atoms with E-state index in [0.29, 0.717) is 29.2 Å². The second-order valence-corrected chi connectivity index (χ2v) is 10.6. The summed E-state index contributed by atoms with van der Waals surface area (Å²) >= 11 is 0. The number of ether oxygens (including phenoxy) is 2. The van der Waals surface area contributed by atoms with E-state index in [4.69, 9.17) is 15.2 Å². The molecule has 0 radical (unpaired) electrons. The molecular weight excluding hydrogens is 462 g/mol. The molecule has 1 aromatic heterocycles. The number of fused-ring (bicyclic) bond motifs is 2. The van der Waals surface area contributed by atoms with Crippen LogP contribution in [0.4, 0.5) is 5.82 Å². The average molecular weight is 486 g/mol. The highest BCUT2D eigenvalue weighted by Gasteiger charge is 2.40. The fourth-order valence-electron chi connectivity index (χ4n) is 4.84. The minimum absolute atomic E-state index is 0.163. The van der Waals surface area contributed by atoms with Crippen LogP contribution < -0.4 is 15.2 Å². The molecule has 1 aliphatic heterocycles. The fourth-order valence-corrected chi connectivity index (χ4v) is 6.17. The molecule has 2 N–H and O–H groups in total. The molecule has 1 aliphatic carbocycles. The SMILES string of the molecule is Cc1ccc(S(=O)(=O)n2nc(N)c3c2CC(c2ccccc2)(c2ccc4c(c2)OCO4)C=C3)cc1. The average Bonchev–Trinajstić information content (AvgIpc) is 3.48. The van der Waals surface area contributed by atoms with E-state index in [0.717, 1.165) is 20.8 Å². The lowest BCUT2D eigenvalue weighted by Gasteiger charge is -2.35. The van der Waals surface area contributed by atoms with Gasteiger partial charge in [0.2, 0.25) is 6.79 Å². The maximum absolute atomic E-state index is 13.7. The van der Waals surface area contributed by atoms with Crippen LogP contribution in [0.5, 0.6) is 11.5 Å². The minimum atomic E-state index is -3.95. The first-order chi connectivity index (χ1) is 16.9. The first kappa shape index (κ1) is 21.5. The normalized spacial score (nSPS) is 18.4. The van der Waals surface area contributed by atoms with Gasteiger partial charge in [-0.25, -0.2) is 0 Å². The van der Waals surface area contributed by atoms with Crippen molar-refractivity contribution < 1.29 is 17.9 Å². The van der Waals surface area contributed by atoms with Crippen LogP contribution in [0, 0.1) is 6.92 Å². The van der Waals surface area contributed by atoms with Crippen molar-refractivity contribution in [1.29, 1.82) is 0 Å². The molecule has 8 heteroatoms. The highest BCUT2D eigenvalue weighted by molar-refractivity contribution is 7.89. The Kier molecular flexibility index (Phi) is 4.76. The minimum Gasteiger partial charge on any atom is -0.454 e. The first-order valence-corrected chi connectivity index (χ1v) is 12.7. The van der Waals surface area contributed by atoms with Crippen molar-refractivity contribution in [3.63, 3.8) is 0 Å². The number of anilines is 1. The summed E-state index contributed by atoms with van der Waals surface area (Å²) < 4.78 is 39.6. The molecule has 0 amide bonds. The van der Waals surface area contributed by atoms with Gasteiger partial charge in [0.15, 0.2) is 17.3 Å². The fraction of sp³-hybridized carbons (Fsp3) is 0.148. The number of nitrogen functional groups attached to an aromatic ring is 1. The number of benzene rings is 3. The molecule has 0 saturated heterocycles. The summed E-state index contributed by atoms with van der Waals surface area (Å²) in [6, 6.07) is 22.6. The van der Waals surface area contributed by atoms with Gasteiger partial charge in [0.25, 0.3) is 10.0 Å². The van der Waals surface area contributed by atoms with Crippen molar-refractivity contribution in [2.75, 3.05) is 12.5 Å². The smallest absolute Gasteiger partial charge is 0.283 e. The molecule has 7 nitrogen and oxygen atoms in total. The van der Waals surface area contributed by atoms with Crippen molar-refractivity contribution in [3.8, 4) is 11.5 Å². The van der Waals surface area contributed by atoms with Crippen molar-refractivity contribution in [2.45, 2.75) is 23.7 Å². The van der Waals surface area contributed by atoms with Gasteiger partial charge >= 0.3 is 0 Å². The molecule has 35 heavy (non-hydrogen) atoms. The van der Waals surface area contributed by atoms with Gasteiger partial charge in [-0.1, -0.05) is 66.2 Å². The van der Waals surface area contributed by atoms with Gasteiger partial charge in [-0.3, -0.25) is 0 Å². The van der Waals surface area contributed by atoms with E-state index in [1.807, 2.05) is 61.5 Å². The zero-order chi connectivity index (χ0) is 24.2. The Labute approximate surface area is 203 Å². The van der Waals surface area contributed by atoms with Gasteiger partial charge in [0, 0.05) is 17.4 Å². The number of nitrogens with two attached hydrogens (primary N) is 1. The lowest BCUT2D eigenvalue weighted by Crippen LogP contribution is -2.32. The standard InChI is InChI=1S/C27H23N3O4S/c1-18-7-10-21(11-8-18)35(31,32)30-23-16-27(19-5-3-2-4-6-19,14-13-22(23)26(28)29-30)20-9-12-24-25(15-20)34-17-33-24/h2-15H,16-17H2,1H3,(H2,28,29). The van der Waals surface area contributed by atoms with Gasteiger partial charge in [-0.15, -0.1) is 5.10 Å². The third kappa shape index (κ3) is 3.32. The molecule has 3 aromatic carbocycles. The van der Waals surface area contributed by atoms with Crippen LogP contribution in [0.3, 0.4) is 0 Å². The third-order valence-corrected chi connectivity index (χ3v) is 8.35. The number of hydrogen-bond acceptors (Lipinski definition) is 6. The molecule has 1 unspecified atom stereocenters.